The summed E-state index contributed by atoms with van der Waals surface area (Å²) in [6, 6.07) is 17.8. The fourth-order valence-electron chi connectivity index (χ4n) is 3.53. The molecule has 126 valence electrons. The second kappa shape index (κ2) is 8.84. The molecule has 1 aliphatic rings. The molecule has 0 N–H and O–H groups in total. The number of fused-ring (bicyclic) bond motifs is 1. The molecule has 0 aromatic heterocycles. The third-order valence-electron chi connectivity index (χ3n) is 4.90. The van der Waals surface area contributed by atoms with Gasteiger partial charge in [0.25, 0.3) is 0 Å². The Kier molecular flexibility index (Phi) is 6.26. The Bertz CT molecular complexity index is 657. The van der Waals surface area contributed by atoms with Gasteiger partial charge in [0.1, 0.15) is 0 Å². The van der Waals surface area contributed by atoms with Crippen molar-refractivity contribution in [3.63, 3.8) is 0 Å². The minimum Gasteiger partial charge on any atom is -0.298 e. The maximum atomic E-state index is 2.45. The Morgan fingerprint density at radius 1 is 0.833 bits per heavy atom. The van der Waals surface area contributed by atoms with Gasteiger partial charge in [0.05, 0.1) is 0 Å². The lowest BCUT2D eigenvalue weighted by Gasteiger charge is -2.16. The van der Waals surface area contributed by atoms with E-state index >= 15 is 0 Å². The lowest BCUT2D eigenvalue weighted by Crippen LogP contribution is -2.17. The first kappa shape index (κ1) is 17.0. The minimum absolute atomic E-state index is 1.00. The lowest BCUT2D eigenvalue weighted by atomic mass is 10.00. The van der Waals surface area contributed by atoms with Crippen molar-refractivity contribution in [3.8, 4) is 0 Å². The average molecular weight is 319 g/mol. The van der Waals surface area contributed by atoms with Gasteiger partial charge < -0.3 is 0 Å². The van der Waals surface area contributed by atoms with Gasteiger partial charge >= 0.3 is 0 Å². The molecule has 0 atom stereocenters. The van der Waals surface area contributed by atoms with Gasteiger partial charge in [-0.1, -0.05) is 67.1 Å². The summed E-state index contributed by atoms with van der Waals surface area (Å²) in [5, 5.41) is 0. The first-order chi connectivity index (χ1) is 11.8. The number of nitrogens with zero attached hydrogens (tertiary/aromatic N) is 1. The zero-order valence-corrected chi connectivity index (χ0v) is 14.9. The molecule has 3 rings (SSSR count). The molecule has 1 aliphatic carbocycles. The van der Waals surface area contributed by atoms with Crippen LogP contribution in [0, 0.1) is 0 Å². The molecule has 2 aromatic rings. The van der Waals surface area contributed by atoms with Crippen molar-refractivity contribution in [1.29, 1.82) is 0 Å². The zero-order chi connectivity index (χ0) is 16.6. The second-order valence-electron chi connectivity index (χ2n) is 7.02. The molecule has 0 saturated carbocycles. The summed E-state index contributed by atoms with van der Waals surface area (Å²) in [5.41, 5.74) is 6.01. The molecule has 0 bridgehead atoms. The van der Waals surface area contributed by atoms with Crippen molar-refractivity contribution in [2.75, 3.05) is 13.6 Å². The molecule has 0 amide bonds. The van der Waals surface area contributed by atoms with E-state index < -0.39 is 0 Å². The molecule has 0 unspecified atom stereocenters. The summed E-state index contributed by atoms with van der Waals surface area (Å²) in [7, 11) is 2.21. The predicted molar refractivity (Wildman–Crippen MR) is 103 cm³/mol. The highest BCUT2D eigenvalue weighted by Crippen LogP contribution is 2.22. The Morgan fingerprint density at radius 3 is 2.46 bits per heavy atom. The van der Waals surface area contributed by atoms with Gasteiger partial charge in [-0.3, -0.25) is 4.90 Å². The van der Waals surface area contributed by atoms with Crippen LogP contribution in [0.15, 0.2) is 60.7 Å². The third kappa shape index (κ3) is 5.07. The summed E-state index contributed by atoms with van der Waals surface area (Å²) in [6.45, 7) is 2.03. The molecular formula is C23H29N. The monoisotopic (exact) mass is 319 g/mol. The van der Waals surface area contributed by atoms with E-state index in [1.165, 1.54) is 43.2 Å². The van der Waals surface area contributed by atoms with Gasteiger partial charge in [-0.2, -0.15) is 0 Å². The largest absolute Gasteiger partial charge is 0.298 e. The molecule has 0 saturated heterocycles. The zero-order valence-electron chi connectivity index (χ0n) is 14.9. The average Bonchev–Trinajstić information content (AvgIpc) is 2.84. The molecule has 0 aliphatic heterocycles. The number of likely N-dealkylation sites (N-methyl/N-ethyl adjacent to an activating group) is 1. The van der Waals surface area contributed by atoms with Crippen LogP contribution >= 0.6 is 0 Å². The van der Waals surface area contributed by atoms with Gasteiger partial charge in [0.2, 0.25) is 0 Å². The van der Waals surface area contributed by atoms with Crippen LogP contribution in [-0.4, -0.2) is 18.5 Å². The highest BCUT2D eigenvalue weighted by Gasteiger charge is 2.09. The Labute approximate surface area is 147 Å². The van der Waals surface area contributed by atoms with Crippen molar-refractivity contribution >= 4 is 0 Å². The molecular weight excluding hydrogens is 290 g/mol. The van der Waals surface area contributed by atoms with Gasteiger partial charge in [-0.25, -0.2) is 0 Å². The topological polar surface area (TPSA) is 3.24 Å². The first-order valence-electron chi connectivity index (χ1n) is 9.29. The number of rotatable bonds is 6. The van der Waals surface area contributed by atoms with E-state index in [0.717, 1.165) is 19.5 Å². The Balaban J connectivity index is 1.49. The normalized spacial score (nSPS) is 14.8. The standard InChI is InChI=1S/C23H29N/c1-24(17-9-8-12-20-10-4-2-5-11-20)19-21-15-16-22-13-6-3-7-14-23(22)18-21/h2,4-5,8-11,15-16,18H,3,6-7,12-14,17,19H2,1H3. The van der Waals surface area contributed by atoms with E-state index in [1.807, 2.05) is 0 Å². The van der Waals surface area contributed by atoms with Gasteiger partial charge in [0, 0.05) is 13.1 Å². The summed E-state index contributed by atoms with van der Waals surface area (Å²) >= 11 is 0. The van der Waals surface area contributed by atoms with Crippen LogP contribution in [0.1, 0.15) is 41.5 Å². The third-order valence-corrected chi connectivity index (χ3v) is 4.90. The molecule has 0 fully saturated rings. The Hall–Kier alpha value is -1.86. The number of aryl methyl sites for hydroxylation is 2. The van der Waals surface area contributed by atoms with Crippen molar-refractivity contribution in [3.05, 3.63) is 82.9 Å². The van der Waals surface area contributed by atoms with Crippen LogP contribution in [0.3, 0.4) is 0 Å². The van der Waals surface area contributed by atoms with Crippen LogP contribution in [0.5, 0.6) is 0 Å². The molecule has 0 spiro atoms. The maximum Gasteiger partial charge on any atom is 0.0234 e. The molecule has 24 heavy (non-hydrogen) atoms. The number of hydrogen-bond acceptors (Lipinski definition) is 1. The maximum absolute atomic E-state index is 2.45. The molecule has 0 radical (unpaired) electrons. The summed E-state index contributed by atoms with van der Waals surface area (Å²) in [4.78, 5) is 2.39. The molecule has 1 heteroatoms. The van der Waals surface area contributed by atoms with E-state index in [9.17, 15) is 0 Å². The molecule has 2 aromatic carbocycles. The van der Waals surface area contributed by atoms with Crippen LogP contribution in [0.2, 0.25) is 0 Å². The van der Waals surface area contributed by atoms with E-state index in [0.29, 0.717) is 0 Å². The quantitative estimate of drug-likeness (QED) is 0.523. The van der Waals surface area contributed by atoms with Crippen molar-refractivity contribution in [2.45, 2.75) is 45.1 Å². The number of allylic oxidation sites excluding steroid dienone is 1. The predicted octanol–water partition coefficient (Wildman–Crippen LogP) is 5.19. The van der Waals surface area contributed by atoms with Gasteiger partial charge in [-0.05, 0) is 61.4 Å². The summed E-state index contributed by atoms with van der Waals surface area (Å²) in [5.74, 6) is 0. The van der Waals surface area contributed by atoms with Crippen LogP contribution in [-0.2, 0) is 25.8 Å². The fourth-order valence-corrected chi connectivity index (χ4v) is 3.53. The van der Waals surface area contributed by atoms with E-state index in [-0.39, 0.29) is 0 Å². The summed E-state index contributed by atoms with van der Waals surface area (Å²) in [6.07, 6.45) is 12.2. The fraction of sp³-hybridized carbons (Fsp3) is 0.391. The van der Waals surface area contributed by atoms with Gasteiger partial charge in [0.15, 0.2) is 0 Å². The van der Waals surface area contributed by atoms with E-state index in [2.05, 4.69) is 72.6 Å². The van der Waals surface area contributed by atoms with Crippen LogP contribution in [0.4, 0.5) is 0 Å². The number of benzene rings is 2. The highest BCUT2D eigenvalue weighted by molar-refractivity contribution is 5.33. The van der Waals surface area contributed by atoms with Crippen molar-refractivity contribution in [1.82, 2.24) is 4.90 Å². The van der Waals surface area contributed by atoms with Crippen molar-refractivity contribution in [2.24, 2.45) is 0 Å². The Morgan fingerprint density at radius 2 is 1.62 bits per heavy atom. The minimum atomic E-state index is 1.00. The highest BCUT2D eigenvalue weighted by atomic mass is 15.1. The van der Waals surface area contributed by atoms with Crippen LogP contribution in [0.25, 0.3) is 0 Å². The molecule has 0 heterocycles. The van der Waals surface area contributed by atoms with Gasteiger partial charge in [-0.15, -0.1) is 0 Å². The molecule has 1 nitrogen and oxygen atoms in total. The van der Waals surface area contributed by atoms with E-state index in [1.54, 1.807) is 11.1 Å². The SMILES string of the molecule is CN(CC=CCc1ccccc1)Cc1ccc2c(c1)CCCCC2. The van der Waals surface area contributed by atoms with Crippen LogP contribution < -0.4 is 0 Å². The van der Waals surface area contributed by atoms with E-state index in [4.69, 9.17) is 0 Å². The first-order valence-corrected chi connectivity index (χ1v) is 9.29. The summed E-state index contributed by atoms with van der Waals surface area (Å²) < 4.78 is 0. The number of hydrogen-bond donors (Lipinski definition) is 0. The smallest absolute Gasteiger partial charge is 0.0234 e. The lowest BCUT2D eigenvalue weighted by molar-refractivity contribution is 0.363. The van der Waals surface area contributed by atoms with Crippen molar-refractivity contribution < 1.29 is 0 Å². The second-order valence-corrected chi connectivity index (χ2v) is 7.02.